The van der Waals surface area contributed by atoms with Crippen LogP contribution in [-0.4, -0.2) is 11.7 Å². The molecule has 0 aliphatic rings. The summed E-state index contributed by atoms with van der Waals surface area (Å²) in [4.78, 5) is 0. The summed E-state index contributed by atoms with van der Waals surface area (Å²) >= 11 is 0. The van der Waals surface area contributed by atoms with Crippen LogP contribution in [0.4, 0.5) is 5.69 Å². The average molecular weight is 252 g/mol. The molecule has 3 heteroatoms. The van der Waals surface area contributed by atoms with E-state index in [2.05, 4.69) is 11.4 Å². The molecule has 2 aromatic carbocycles. The van der Waals surface area contributed by atoms with E-state index >= 15 is 0 Å². The molecular formula is C16H16N2O. The molecule has 2 aromatic rings. The molecule has 0 fully saturated rings. The first-order chi connectivity index (χ1) is 9.33. The van der Waals surface area contributed by atoms with Crippen molar-refractivity contribution in [3.05, 3.63) is 65.7 Å². The molecule has 0 heterocycles. The van der Waals surface area contributed by atoms with Crippen LogP contribution in [0.3, 0.4) is 0 Å². The Balaban J connectivity index is 2.14. The van der Waals surface area contributed by atoms with E-state index in [1.54, 1.807) is 12.1 Å². The zero-order valence-corrected chi connectivity index (χ0v) is 10.6. The first kappa shape index (κ1) is 13.1. The maximum absolute atomic E-state index is 9.18. The number of benzene rings is 2. The molecule has 0 saturated carbocycles. The summed E-state index contributed by atoms with van der Waals surface area (Å²) in [5, 5.41) is 21.3. The first-order valence-corrected chi connectivity index (χ1v) is 6.26. The van der Waals surface area contributed by atoms with Crippen molar-refractivity contribution in [1.82, 2.24) is 0 Å². The molecule has 19 heavy (non-hydrogen) atoms. The highest BCUT2D eigenvalue weighted by Crippen LogP contribution is 2.22. The molecule has 0 radical (unpaired) electrons. The average Bonchev–Trinajstić information content (AvgIpc) is 2.48. The van der Waals surface area contributed by atoms with E-state index in [-0.39, 0.29) is 12.6 Å². The summed E-state index contributed by atoms with van der Waals surface area (Å²) < 4.78 is 0. The molecule has 1 atom stereocenters. The lowest BCUT2D eigenvalue weighted by Crippen LogP contribution is -2.12. The molecule has 0 spiro atoms. The molecule has 0 bridgehead atoms. The monoisotopic (exact) mass is 252 g/mol. The smallest absolute Gasteiger partial charge is 0.0991 e. The summed E-state index contributed by atoms with van der Waals surface area (Å²) in [7, 11) is 0. The number of nitriles is 1. The van der Waals surface area contributed by atoms with Crippen molar-refractivity contribution >= 4 is 5.69 Å². The predicted molar refractivity (Wildman–Crippen MR) is 75.7 cm³/mol. The molecule has 2 rings (SSSR count). The molecule has 0 aliphatic heterocycles. The van der Waals surface area contributed by atoms with Crippen LogP contribution in [0.15, 0.2) is 54.6 Å². The number of aliphatic hydroxyl groups excluding tert-OH is 1. The summed E-state index contributed by atoms with van der Waals surface area (Å²) in [5.74, 6) is 0. The third-order valence-electron chi connectivity index (χ3n) is 2.97. The standard InChI is InChI=1S/C16H16N2O/c17-12-13-6-8-15(9-7-13)18-16(10-11-19)14-4-2-1-3-5-14/h1-9,16,18-19H,10-11H2/t16-/m0/s1. The first-order valence-electron chi connectivity index (χ1n) is 6.26. The van der Waals surface area contributed by atoms with E-state index < -0.39 is 0 Å². The fourth-order valence-corrected chi connectivity index (χ4v) is 1.98. The molecule has 0 unspecified atom stereocenters. The number of hydrogen-bond donors (Lipinski definition) is 2. The molecule has 0 amide bonds. The molecule has 0 saturated heterocycles. The maximum Gasteiger partial charge on any atom is 0.0991 e. The van der Waals surface area contributed by atoms with Crippen LogP contribution < -0.4 is 5.32 Å². The second-order valence-electron chi connectivity index (χ2n) is 4.31. The molecule has 0 aliphatic carbocycles. The molecule has 96 valence electrons. The Morgan fingerprint density at radius 1 is 1.05 bits per heavy atom. The van der Waals surface area contributed by atoms with E-state index in [1.807, 2.05) is 42.5 Å². The van der Waals surface area contributed by atoms with Gasteiger partial charge in [-0.15, -0.1) is 0 Å². The van der Waals surface area contributed by atoms with Gasteiger partial charge in [0.15, 0.2) is 0 Å². The fraction of sp³-hybridized carbons (Fsp3) is 0.188. The van der Waals surface area contributed by atoms with Crippen molar-refractivity contribution in [2.75, 3.05) is 11.9 Å². The van der Waals surface area contributed by atoms with Gasteiger partial charge >= 0.3 is 0 Å². The summed E-state index contributed by atoms with van der Waals surface area (Å²) in [6, 6.07) is 19.5. The van der Waals surface area contributed by atoms with Crippen LogP contribution >= 0.6 is 0 Å². The Kier molecular flexibility index (Phi) is 4.54. The SMILES string of the molecule is N#Cc1ccc(N[C@@H](CCO)c2ccccc2)cc1. The molecule has 0 aromatic heterocycles. The van der Waals surface area contributed by atoms with Gasteiger partial charge in [-0.3, -0.25) is 0 Å². The Labute approximate surface area is 113 Å². The number of anilines is 1. The summed E-state index contributed by atoms with van der Waals surface area (Å²) in [6.07, 6.45) is 0.643. The van der Waals surface area contributed by atoms with E-state index in [1.165, 1.54) is 0 Å². The number of nitrogens with one attached hydrogen (secondary N) is 1. The minimum absolute atomic E-state index is 0.0686. The van der Waals surface area contributed by atoms with Gasteiger partial charge in [-0.25, -0.2) is 0 Å². The Morgan fingerprint density at radius 3 is 2.32 bits per heavy atom. The van der Waals surface area contributed by atoms with E-state index in [9.17, 15) is 5.11 Å². The number of nitrogens with zero attached hydrogens (tertiary/aromatic N) is 1. The largest absolute Gasteiger partial charge is 0.396 e. The third-order valence-corrected chi connectivity index (χ3v) is 2.97. The minimum atomic E-state index is 0.0686. The van der Waals surface area contributed by atoms with E-state index in [0.717, 1.165) is 11.3 Å². The maximum atomic E-state index is 9.18. The van der Waals surface area contributed by atoms with E-state index in [0.29, 0.717) is 12.0 Å². The lowest BCUT2D eigenvalue weighted by atomic mass is 10.0. The number of rotatable bonds is 5. The lowest BCUT2D eigenvalue weighted by Gasteiger charge is -2.19. The van der Waals surface area contributed by atoms with Crippen molar-refractivity contribution in [3.8, 4) is 6.07 Å². The second-order valence-corrected chi connectivity index (χ2v) is 4.31. The Bertz CT molecular complexity index is 543. The Morgan fingerprint density at radius 2 is 1.74 bits per heavy atom. The predicted octanol–water partition coefficient (Wildman–Crippen LogP) is 3.09. The van der Waals surface area contributed by atoms with Gasteiger partial charge in [-0.1, -0.05) is 30.3 Å². The minimum Gasteiger partial charge on any atom is -0.396 e. The van der Waals surface area contributed by atoms with Gasteiger partial charge in [0.2, 0.25) is 0 Å². The third kappa shape index (κ3) is 3.57. The van der Waals surface area contributed by atoms with Crippen LogP contribution in [0.25, 0.3) is 0 Å². The molecule has 2 N–H and O–H groups in total. The van der Waals surface area contributed by atoms with Gasteiger partial charge < -0.3 is 10.4 Å². The van der Waals surface area contributed by atoms with Crippen molar-refractivity contribution in [3.63, 3.8) is 0 Å². The van der Waals surface area contributed by atoms with Crippen molar-refractivity contribution in [2.24, 2.45) is 0 Å². The van der Waals surface area contributed by atoms with Crippen LogP contribution in [-0.2, 0) is 0 Å². The van der Waals surface area contributed by atoms with Crippen molar-refractivity contribution < 1.29 is 5.11 Å². The van der Waals surface area contributed by atoms with Gasteiger partial charge in [0.25, 0.3) is 0 Å². The molecule has 3 nitrogen and oxygen atoms in total. The topological polar surface area (TPSA) is 56.0 Å². The van der Waals surface area contributed by atoms with E-state index in [4.69, 9.17) is 5.26 Å². The zero-order chi connectivity index (χ0) is 13.5. The van der Waals surface area contributed by atoms with Gasteiger partial charge in [0.05, 0.1) is 17.7 Å². The van der Waals surface area contributed by atoms with Gasteiger partial charge in [-0.2, -0.15) is 5.26 Å². The number of aliphatic hydroxyl groups is 1. The summed E-state index contributed by atoms with van der Waals surface area (Å²) in [5.41, 5.74) is 2.73. The highest BCUT2D eigenvalue weighted by atomic mass is 16.3. The van der Waals surface area contributed by atoms with Gasteiger partial charge in [0.1, 0.15) is 0 Å². The highest BCUT2D eigenvalue weighted by molar-refractivity contribution is 5.48. The lowest BCUT2D eigenvalue weighted by molar-refractivity contribution is 0.280. The van der Waals surface area contributed by atoms with Gasteiger partial charge in [0, 0.05) is 12.3 Å². The number of hydrogen-bond acceptors (Lipinski definition) is 3. The van der Waals surface area contributed by atoms with Crippen LogP contribution in [0.1, 0.15) is 23.6 Å². The van der Waals surface area contributed by atoms with Crippen molar-refractivity contribution in [1.29, 1.82) is 5.26 Å². The second kappa shape index (κ2) is 6.58. The quantitative estimate of drug-likeness (QED) is 0.859. The van der Waals surface area contributed by atoms with Crippen LogP contribution in [0.5, 0.6) is 0 Å². The van der Waals surface area contributed by atoms with Gasteiger partial charge in [-0.05, 0) is 36.2 Å². The summed E-state index contributed by atoms with van der Waals surface area (Å²) in [6.45, 7) is 0.128. The van der Waals surface area contributed by atoms with Crippen LogP contribution in [0.2, 0.25) is 0 Å². The highest BCUT2D eigenvalue weighted by Gasteiger charge is 2.10. The fourth-order valence-electron chi connectivity index (χ4n) is 1.98. The zero-order valence-electron chi connectivity index (χ0n) is 10.6. The van der Waals surface area contributed by atoms with Crippen molar-refractivity contribution in [2.45, 2.75) is 12.5 Å². The normalized spacial score (nSPS) is 11.6. The van der Waals surface area contributed by atoms with Crippen LogP contribution in [0, 0.1) is 11.3 Å². The molecular weight excluding hydrogens is 236 g/mol. The Hall–Kier alpha value is -2.31.